The summed E-state index contributed by atoms with van der Waals surface area (Å²) < 4.78 is 6.23. The Morgan fingerprint density at radius 1 is 0.964 bits per heavy atom. The fourth-order valence-electron chi connectivity index (χ4n) is 2.43. The fourth-order valence-corrected chi connectivity index (χ4v) is 2.69. The molecule has 0 atom stereocenters. The molecule has 28 heavy (non-hydrogen) atoms. The van der Waals surface area contributed by atoms with Crippen LogP contribution in [-0.2, 0) is 0 Å². The van der Waals surface area contributed by atoms with Crippen LogP contribution in [0.3, 0.4) is 0 Å². The number of rotatable bonds is 5. The maximum absolute atomic E-state index is 12.1. The summed E-state index contributed by atoms with van der Waals surface area (Å²) in [5, 5.41) is 3.97. The zero-order valence-electron chi connectivity index (χ0n) is 15.1. The van der Waals surface area contributed by atoms with Crippen molar-refractivity contribution in [2.24, 2.45) is 5.10 Å². The molecule has 0 bridgehead atoms. The topological polar surface area (TPSA) is 67.8 Å². The second-order valence-electron chi connectivity index (χ2n) is 5.98. The molecule has 0 aliphatic rings. The Hall–Kier alpha value is -3.25. The lowest BCUT2D eigenvalue weighted by atomic mass is 10.1. The molecule has 0 aliphatic carbocycles. The SMILES string of the molecule is Cc1ccccc1C(=O)NN=Cc1ccc(OC(=O)c2ccc(Br)cc2)cc1. The monoisotopic (exact) mass is 436 g/mol. The summed E-state index contributed by atoms with van der Waals surface area (Å²) in [7, 11) is 0. The van der Waals surface area contributed by atoms with Crippen LogP contribution in [0.15, 0.2) is 82.4 Å². The third-order valence-electron chi connectivity index (χ3n) is 3.94. The molecule has 3 rings (SSSR count). The standard InChI is InChI=1S/C22H17BrN2O3/c1-15-4-2-3-5-20(15)21(26)25-24-14-16-6-12-19(13-7-16)28-22(27)17-8-10-18(23)11-9-17/h2-14H,1H3,(H,25,26). The summed E-state index contributed by atoms with van der Waals surface area (Å²) in [6, 6.07) is 21.0. The number of carbonyl (C=O) groups is 2. The minimum atomic E-state index is -0.431. The number of halogens is 1. The van der Waals surface area contributed by atoms with Crippen LogP contribution in [0.4, 0.5) is 0 Å². The van der Waals surface area contributed by atoms with E-state index in [0.717, 1.165) is 15.6 Å². The Bertz CT molecular complexity index is 1010. The van der Waals surface area contributed by atoms with E-state index in [1.165, 1.54) is 6.21 Å². The van der Waals surface area contributed by atoms with Crippen molar-refractivity contribution in [3.05, 3.63) is 99.5 Å². The summed E-state index contributed by atoms with van der Waals surface area (Å²) in [6.45, 7) is 1.87. The van der Waals surface area contributed by atoms with E-state index >= 15 is 0 Å². The predicted molar refractivity (Wildman–Crippen MR) is 112 cm³/mol. The van der Waals surface area contributed by atoms with Crippen LogP contribution in [0.5, 0.6) is 5.75 Å². The molecule has 3 aromatic carbocycles. The van der Waals surface area contributed by atoms with E-state index in [-0.39, 0.29) is 5.91 Å². The Labute approximate surface area is 171 Å². The van der Waals surface area contributed by atoms with Gasteiger partial charge in [-0.15, -0.1) is 0 Å². The van der Waals surface area contributed by atoms with Gasteiger partial charge in [0.2, 0.25) is 0 Å². The van der Waals surface area contributed by atoms with Gasteiger partial charge < -0.3 is 4.74 Å². The summed E-state index contributed by atoms with van der Waals surface area (Å²) >= 11 is 3.32. The van der Waals surface area contributed by atoms with Crippen molar-refractivity contribution < 1.29 is 14.3 Å². The number of ether oxygens (including phenoxy) is 1. The van der Waals surface area contributed by atoms with Crippen LogP contribution in [0, 0.1) is 6.92 Å². The summed E-state index contributed by atoms with van der Waals surface area (Å²) in [5.74, 6) is -0.275. The van der Waals surface area contributed by atoms with Gasteiger partial charge in [0, 0.05) is 10.0 Å². The van der Waals surface area contributed by atoms with Gasteiger partial charge in [0.1, 0.15) is 5.75 Å². The van der Waals surface area contributed by atoms with Crippen LogP contribution >= 0.6 is 15.9 Å². The van der Waals surface area contributed by atoms with Gasteiger partial charge in [0.25, 0.3) is 5.91 Å². The molecule has 0 aromatic heterocycles. The molecule has 6 heteroatoms. The number of hydrazone groups is 1. The molecule has 0 spiro atoms. The number of amides is 1. The van der Waals surface area contributed by atoms with Crippen LogP contribution in [0.1, 0.15) is 31.8 Å². The molecule has 0 aliphatic heterocycles. The smallest absolute Gasteiger partial charge is 0.343 e. The normalized spacial score (nSPS) is 10.6. The summed E-state index contributed by atoms with van der Waals surface area (Å²) in [4.78, 5) is 24.2. The van der Waals surface area contributed by atoms with E-state index < -0.39 is 5.97 Å². The molecule has 1 amide bonds. The van der Waals surface area contributed by atoms with Crippen molar-refractivity contribution in [1.29, 1.82) is 0 Å². The molecule has 0 radical (unpaired) electrons. The number of nitrogens with zero attached hydrogens (tertiary/aromatic N) is 1. The summed E-state index contributed by atoms with van der Waals surface area (Å²) in [6.07, 6.45) is 1.52. The zero-order valence-corrected chi connectivity index (χ0v) is 16.6. The minimum absolute atomic E-state index is 0.269. The Balaban J connectivity index is 1.57. The Kier molecular flexibility index (Phi) is 6.34. The van der Waals surface area contributed by atoms with Crippen LogP contribution in [0.25, 0.3) is 0 Å². The van der Waals surface area contributed by atoms with Gasteiger partial charge in [-0.2, -0.15) is 5.10 Å². The molecule has 0 heterocycles. The fraction of sp³-hybridized carbons (Fsp3) is 0.0455. The first-order valence-corrected chi connectivity index (χ1v) is 9.29. The predicted octanol–water partition coefficient (Wildman–Crippen LogP) is 4.74. The van der Waals surface area contributed by atoms with E-state index in [1.807, 2.05) is 19.1 Å². The van der Waals surface area contributed by atoms with Crippen molar-refractivity contribution in [3.63, 3.8) is 0 Å². The lowest BCUT2D eigenvalue weighted by Gasteiger charge is -2.05. The first-order chi connectivity index (χ1) is 13.5. The van der Waals surface area contributed by atoms with Gasteiger partial charge in [-0.3, -0.25) is 4.79 Å². The molecule has 0 saturated carbocycles. The van der Waals surface area contributed by atoms with Gasteiger partial charge in [0.15, 0.2) is 0 Å². The number of hydrogen-bond donors (Lipinski definition) is 1. The second-order valence-corrected chi connectivity index (χ2v) is 6.90. The maximum atomic E-state index is 12.1. The molecule has 0 saturated heterocycles. The molecule has 140 valence electrons. The number of esters is 1. The van der Waals surface area contributed by atoms with E-state index in [0.29, 0.717) is 16.9 Å². The van der Waals surface area contributed by atoms with Gasteiger partial charge in [-0.1, -0.05) is 34.1 Å². The van der Waals surface area contributed by atoms with Gasteiger partial charge in [-0.05, 0) is 72.6 Å². The highest BCUT2D eigenvalue weighted by atomic mass is 79.9. The summed E-state index contributed by atoms with van der Waals surface area (Å²) in [5.41, 5.74) is 5.19. The quantitative estimate of drug-likeness (QED) is 0.271. The molecular formula is C22H17BrN2O3. The average Bonchev–Trinajstić information content (AvgIpc) is 2.70. The largest absolute Gasteiger partial charge is 0.423 e. The molecular weight excluding hydrogens is 420 g/mol. The molecule has 0 unspecified atom stereocenters. The first-order valence-electron chi connectivity index (χ1n) is 8.50. The number of benzene rings is 3. The van der Waals surface area contributed by atoms with E-state index in [9.17, 15) is 9.59 Å². The molecule has 5 nitrogen and oxygen atoms in total. The second kappa shape index (κ2) is 9.10. The highest BCUT2D eigenvalue weighted by molar-refractivity contribution is 9.10. The number of aryl methyl sites for hydroxylation is 1. The van der Waals surface area contributed by atoms with Crippen molar-refractivity contribution in [3.8, 4) is 5.75 Å². The number of carbonyl (C=O) groups excluding carboxylic acids is 2. The van der Waals surface area contributed by atoms with E-state index in [2.05, 4.69) is 26.5 Å². The van der Waals surface area contributed by atoms with Crippen molar-refractivity contribution in [2.45, 2.75) is 6.92 Å². The van der Waals surface area contributed by atoms with Gasteiger partial charge >= 0.3 is 5.97 Å². The molecule has 3 aromatic rings. The van der Waals surface area contributed by atoms with Crippen LogP contribution in [-0.4, -0.2) is 18.1 Å². The highest BCUT2D eigenvalue weighted by Crippen LogP contribution is 2.15. The van der Waals surface area contributed by atoms with Gasteiger partial charge in [0.05, 0.1) is 11.8 Å². The lowest BCUT2D eigenvalue weighted by Crippen LogP contribution is -2.18. The Morgan fingerprint density at radius 2 is 1.64 bits per heavy atom. The molecule has 1 N–H and O–H groups in total. The minimum Gasteiger partial charge on any atom is -0.423 e. The van der Waals surface area contributed by atoms with Crippen molar-refractivity contribution >= 4 is 34.0 Å². The zero-order chi connectivity index (χ0) is 19.9. The number of hydrogen-bond acceptors (Lipinski definition) is 4. The first kappa shape index (κ1) is 19.5. The van der Waals surface area contributed by atoms with Crippen LogP contribution < -0.4 is 10.2 Å². The maximum Gasteiger partial charge on any atom is 0.343 e. The third kappa shape index (κ3) is 5.14. The van der Waals surface area contributed by atoms with Crippen LogP contribution in [0.2, 0.25) is 0 Å². The van der Waals surface area contributed by atoms with Gasteiger partial charge in [-0.25, -0.2) is 10.2 Å². The van der Waals surface area contributed by atoms with Crippen molar-refractivity contribution in [1.82, 2.24) is 5.43 Å². The Morgan fingerprint density at radius 3 is 2.32 bits per heavy atom. The lowest BCUT2D eigenvalue weighted by molar-refractivity contribution is 0.0734. The number of nitrogens with one attached hydrogen (secondary N) is 1. The van der Waals surface area contributed by atoms with E-state index in [1.54, 1.807) is 60.7 Å². The highest BCUT2D eigenvalue weighted by Gasteiger charge is 2.08. The molecule has 0 fully saturated rings. The van der Waals surface area contributed by atoms with E-state index in [4.69, 9.17) is 4.74 Å². The average molecular weight is 437 g/mol. The van der Waals surface area contributed by atoms with Crippen molar-refractivity contribution in [2.75, 3.05) is 0 Å². The third-order valence-corrected chi connectivity index (χ3v) is 4.47.